The van der Waals surface area contributed by atoms with Crippen LogP contribution in [0.25, 0.3) is 11.3 Å². The van der Waals surface area contributed by atoms with Crippen LogP contribution in [-0.2, 0) is 12.7 Å². The molecule has 0 bridgehead atoms. The highest BCUT2D eigenvalue weighted by molar-refractivity contribution is 7.13. The van der Waals surface area contributed by atoms with Crippen molar-refractivity contribution in [1.29, 1.82) is 5.41 Å². The number of carbonyl (C=O) groups excluding carboxylic acids is 1. The van der Waals surface area contributed by atoms with Crippen LogP contribution in [0.1, 0.15) is 25.8 Å². The molecule has 0 saturated heterocycles. The van der Waals surface area contributed by atoms with Gasteiger partial charge in [0.05, 0.1) is 17.6 Å². The van der Waals surface area contributed by atoms with Crippen LogP contribution < -0.4 is 16.0 Å². The maximum Gasteiger partial charge on any atom is 0.443 e. The lowest BCUT2D eigenvalue weighted by Crippen LogP contribution is -2.22. The molecule has 1 amide bonds. The van der Waals surface area contributed by atoms with E-state index in [2.05, 4.69) is 30.9 Å². The second kappa shape index (κ2) is 10.2. The molecule has 4 N–H and O–H groups in total. The molecule has 33 heavy (non-hydrogen) atoms. The monoisotopic (exact) mass is 475 g/mol. The van der Waals surface area contributed by atoms with E-state index in [0.717, 1.165) is 29.1 Å². The molecule has 3 aromatic rings. The number of alkyl halides is 3. The average molecular weight is 476 g/mol. The van der Waals surface area contributed by atoms with Crippen molar-refractivity contribution in [2.45, 2.75) is 19.6 Å². The van der Waals surface area contributed by atoms with Gasteiger partial charge in [0.25, 0.3) is 5.91 Å². The van der Waals surface area contributed by atoms with Gasteiger partial charge in [-0.05, 0) is 30.2 Å². The van der Waals surface area contributed by atoms with E-state index in [1.807, 2.05) is 25.1 Å². The number of nitrogens with zero attached hydrogens (tertiary/aromatic N) is 3. The summed E-state index contributed by atoms with van der Waals surface area (Å²) in [5.74, 6) is -0.288. The number of rotatable bonds is 8. The molecule has 0 saturated carbocycles. The van der Waals surface area contributed by atoms with E-state index in [9.17, 15) is 18.0 Å². The topological polar surface area (TPSA) is 116 Å². The lowest BCUT2D eigenvalue weighted by atomic mass is 10.0. The van der Waals surface area contributed by atoms with Gasteiger partial charge in [-0.3, -0.25) is 4.79 Å². The maximum atomic E-state index is 12.7. The summed E-state index contributed by atoms with van der Waals surface area (Å²) in [4.78, 5) is 24.0. The van der Waals surface area contributed by atoms with Crippen LogP contribution in [0.15, 0.2) is 48.6 Å². The number of allylic oxidation sites excluding steroid dienone is 1. The van der Waals surface area contributed by atoms with Crippen molar-refractivity contribution < 1.29 is 18.0 Å². The molecule has 3 rings (SSSR count). The summed E-state index contributed by atoms with van der Waals surface area (Å²) in [6.07, 6.45) is 0.688. The second-order valence-electron chi connectivity index (χ2n) is 6.77. The number of carbonyl (C=O) groups is 1. The number of aryl methyl sites for hydroxylation is 1. The Morgan fingerprint density at radius 2 is 2.03 bits per heavy atom. The molecule has 8 nitrogen and oxygen atoms in total. The number of hydrogen-bond acceptors (Lipinski definition) is 8. The van der Waals surface area contributed by atoms with E-state index in [1.165, 1.54) is 0 Å². The van der Waals surface area contributed by atoms with Crippen molar-refractivity contribution in [1.82, 2.24) is 25.6 Å². The van der Waals surface area contributed by atoms with Crippen molar-refractivity contribution in [3.8, 4) is 11.3 Å². The van der Waals surface area contributed by atoms with Gasteiger partial charge in [-0.2, -0.15) is 13.2 Å². The van der Waals surface area contributed by atoms with Gasteiger partial charge in [0.15, 0.2) is 5.01 Å². The van der Waals surface area contributed by atoms with Crippen molar-refractivity contribution in [2.24, 2.45) is 0 Å². The van der Waals surface area contributed by atoms with Crippen LogP contribution in [0.2, 0.25) is 0 Å². The van der Waals surface area contributed by atoms with Crippen LogP contribution in [0.5, 0.6) is 0 Å². The minimum Gasteiger partial charge on any atom is -0.392 e. The Balaban J connectivity index is 1.69. The molecule has 2 aromatic heterocycles. The largest absolute Gasteiger partial charge is 0.443 e. The molecule has 172 valence electrons. The molecule has 0 aliphatic carbocycles. The lowest BCUT2D eigenvalue weighted by molar-refractivity contribution is -0.137. The molecule has 1 aromatic carbocycles. The fourth-order valence-corrected chi connectivity index (χ4v) is 3.50. The Bertz CT molecular complexity index is 1190. The summed E-state index contributed by atoms with van der Waals surface area (Å²) in [5.41, 5.74) is 3.64. The SMILES string of the molecule is CN/C=C(\C=N)Nc1nccc(-c2ccc(CNC(=O)c3cnc(C(F)(F)F)s3)c(C)c2)n1. The molecule has 0 atom stereocenters. The summed E-state index contributed by atoms with van der Waals surface area (Å²) in [7, 11) is 1.71. The Labute approximate surface area is 191 Å². The second-order valence-corrected chi connectivity index (χ2v) is 7.81. The highest BCUT2D eigenvalue weighted by atomic mass is 32.1. The molecule has 0 unspecified atom stereocenters. The minimum atomic E-state index is -4.57. The summed E-state index contributed by atoms with van der Waals surface area (Å²) in [6, 6.07) is 7.28. The average Bonchev–Trinajstić information content (AvgIpc) is 3.29. The Kier molecular flexibility index (Phi) is 7.38. The predicted molar refractivity (Wildman–Crippen MR) is 120 cm³/mol. The fraction of sp³-hybridized carbons (Fsp3) is 0.190. The van der Waals surface area contributed by atoms with Gasteiger partial charge in [0.1, 0.15) is 4.88 Å². The van der Waals surface area contributed by atoms with E-state index >= 15 is 0 Å². The molecule has 0 spiro atoms. The van der Waals surface area contributed by atoms with Crippen LogP contribution in [-0.4, -0.2) is 34.1 Å². The number of halogens is 3. The fourth-order valence-electron chi connectivity index (χ4n) is 2.80. The molecule has 2 heterocycles. The number of amides is 1. The molecular formula is C21H20F3N7OS. The Hall–Kier alpha value is -3.80. The first-order chi connectivity index (χ1) is 15.7. The Morgan fingerprint density at radius 1 is 1.24 bits per heavy atom. The number of anilines is 1. The third-order valence-electron chi connectivity index (χ3n) is 4.42. The zero-order valence-corrected chi connectivity index (χ0v) is 18.4. The molecule has 0 fully saturated rings. The van der Waals surface area contributed by atoms with Crippen LogP contribution in [0.3, 0.4) is 0 Å². The normalized spacial score (nSPS) is 11.7. The third-order valence-corrected chi connectivity index (χ3v) is 5.46. The molecule has 0 aliphatic rings. The predicted octanol–water partition coefficient (Wildman–Crippen LogP) is 3.98. The van der Waals surface area contributed by atoms with Gasteiger partial charge in [-0.1, -0.05) is 12.1 Å². The number of aromatic nitrogens is 3. The number of hydrogen-bond donors (Lipinski definition) is 4. The maximum absolute atomic E-state index is 12.7. The van der Waals surface area contributed by atoms with Gasteiger partial charge in [0, 0.05) is 37.8 Å². The zero-order valence-electron chi connectivity index (χ0n) is 17.6. The lowest BCUT2D eigenvalue weighted by Gasteiger charge is -2.11. The number of nitrogens with one attached hydrogen (secondary N) is 4. The van der Waals surface area contributed by atoms with E-state index in [-0.39, 0.29) is 11.4 Å². The van der Waals surface area contributed by atoms with Crippen LogP contribution >= 0.6 is 11.3 Å². The van der Waals surface area contributed by atoms with Crippen molar-refractivity contribution >= 4 is 29.4 Å². The first-order valence-electron chi connectivity index (χ1n) is 9.60. The molecule has 12 heteroatoms. The van der Waals surface area contributed by atoms with Gasteiger partial charge in [-0.15, -0.1) is 11.3 Å². The van der Waals surface area contributed by atoms with Gasteiger partial charge in [-0.25, -0.2) is 15.0 Å². The van der Waals surface area contributed by atoms with Crippen LogP contribution in [0, 0.1) is 12.3 Å². The summed E-state index contributed by atoms with van der Waals surface area (Å²) in [5, 5.41) is 14.7. The van der Waals surface area contributed by atoms with Gasteiger partial charge in [0.2, 0.25) is 5.95 Å². The van der Waals surface area contributed by atoms with Gasteiger partial charge < -0.3 is 21.4 Å². The zero-order chi connectivity index (χ0) is 24.0. The summed E-state index contributed by atoms with van der Waals surface area (Å²) in [6.45, 7) is 2.01. The highest BCUT2D eigenvalue weighted by Gasteiger charge is 2.35. The first kappa shape index (κ1) is 23.9. The van der Waals surface area contributed by atoms with Crippen molar-refractivity contribution in [3.05, 3.63) is 69.6 Å². The van der Waals surface area contributed by atoms with Crippen molar-refractivity contribution in [2.75, 3.05) is 12.4 Å². The van der Waals surface area contributed by atoms with E-state index in [1.54, 1.807) is 25.5 Å². The smallest absolute Gasteiger partial charge is 0.392 e. The van der Waals surface area contributed by atoms with E-state index in [4.69, 9.17) is 5.41 Å². The summed E-state index contributed by atoms with van der Waals surface area (Å²) < 4.78 is 38.0. The Morgan fingerprint density at radius 3 is 2.67 bits per heavy atom. The molecule has 0 aliphatic heterocycles. The van der Waals surface area contributed by atoms with E-state index < -0.39 is 17.1 Å². The van der Waals surface area contributed by atoms with E-state index in [0.29, 0.717) is 28.7 Å². The molecule has 0 radical (unpaired) electrons. The summed E-state index contributed by atoms with van der Waals surface area (Å²) >= 11 is 0.307. The third kappa shape index (κ3) is 6.13. The highest BCUT2D eigenvalue weighted by Crippen LogP contribution is 2.32. The quantitative estimate of drug-likeness (QED) is 0.367. The molecular weight excluding hydrogens is 455 g/mol. The van der Waals surface area contributed by atoms with Crippen molar-refractivity contribution in [3.63, 3.8) is 0 Å². The standard InChI is InChI=1S/C21H20F3N7OS/c1-12-7-13(16-5-6-27-20(31-16)30-15(8-25)10-26-2)3-4-14(12)9-28-18(32)17-11-29-19(33-17)21(22,23)24/h3-8,10-11,25-26H,9H2,1-2H3,(H,28,32)(H,27,30,31)/b15-10+,25-8?. The number of benzene rings is 1. The number of thiazole rings is 1. The first-order valence-corrected chi connectivity index (χ1v) is 10.4. The minimum absolute atomic E-state index is 0.103. The van der Waals surface area contributed by atoms with Crippen LogP contribution in [0.4, 0.5) is 19.1 Å². The van der Waals surface area contributed by atoms with Gasteiger partial charge >= 0.3 is 6.18 Å².